The van der Waals surface area contributed by atoms with Crippen molar-refractivity contribution in [1.29, 1.82) is 0 Å². The molecule has 42 valence electrons. The molecule has 0 fully saturated rings. The fourth-order valence-corrected chi connectivity index (χ4v) is 0.878. The molecule has 0 N–H and O–H groups in total. The molecule has 0 bridgehead atoms. The van der Waals surface area contributed by atoms with Crippen molar-refractivity contribution in [3.05, 3.63) is 11.8 Å². The Kier molecular flexibility index (Phi) is 2.15. The normalized spacial score (nSPS) is 13.1. The Balaban J connectivity index is 3.56. The fourth-order valence-electron chi connectivity index (χ4n) is 0.293. The van der Waals surface area contributed by atoms with E-state index in [-0.39, 0.29) is 0 Å². The third kappa shape index (κ3) is 5.82. The van der Waals surface area contributed by atoms with Crippen molar-refractivity contribution in [3.8, 4) is 0 Å². The number of hydrogen-bond donors (Lipinski definition) is 0. The van der Waals surface area contributed by atoms with Gasteiger partial charge in [0.2, 0.25) is 0 Å². The first-order valence-electron chi connectivity index (χ1n) is 2.08. The molecular formula is C4H8F2Si. The molecule has 0 nitrogen and oxygen atoms in total. The third-order valence-electron chi connectivity index (χ3n) is 0.459. The van der Waals surface area contributed by atoms with E-state index in [1.165, 1.54) is 6.08 Å². The van der Waals surface area contributed by atoms with Gasteiger partial charge in [0.05, 0.1) is 0 Å². The van der Waals surface area contributed by atoms with Crippen LogP contribution in [-0.2, 0) is 0 Å². The summed E-state index contributed by atoms with van der Waals surface area (Å²) in [4.78, 5) is 0. The van der Waals surface area contributed by atoms with Gasteiger partial charge in [-0.15, -0.1) is 0 Å². The van der Waals surface area contributed by atoms with Crippen LogP contribution in [0.4, 0.5) is 8.22 Å². The van der Waals surface area contributed by atoms with Crippen molar-refractivity contribution in [1.82, 2.24) is 0 Å². The van der Waals surface area contributed by atoms with Gasteiger partial charge in [-0.1, -0.05) is 6.08 Å². The highest BCUT2D eigenvalue weighted by atomic mass is 28.4. The average molecular weight is 122 g/mol. The molecule has 0 radical (unpaired) electrons. The van der Waals surface area contributed by atoms with Crippen LogP contribution in [0.25, 0.3) is 0 Å². The van der Waals surface area contributed by atoms with Crippen LogP contribution >= 0.6 is 0 Å². The van der Waals surface area contributed by atoms with Crippen LogP contribution in [0.15, 0.2) is 11.8 Å². The van der Waals surface area contributed by atoms with Gasteiger partial charge in [-0.2, -0.15) is 0 Å². The molecule has 0 saturated heterocycles. The van der Waals surface area contributed by atoms with E-state index in [1.54, 1.807) is 6.92 Å². The third-order valence-corrected chi connectivity index (χ3v) is 1.38. The zero-order chi connectivity index (χ0) is 5.91. The monoisotopic (exact) mass is 122 g/mol. The number of allylic oxidation sites excluding steroid dienone is 1. The summed E-state index contributed by atoms with van der Waals surface area (Å²) in [7, 11) is -3.84. The summed E-state index contributed by atoms with van der Waals surface area (Å²) in [5.74, 6) is 0. The molecule has 0 aromatic rings. The summed E-state index contributed by atoms with van der Waals surface area (Å²) in [6.45, 7) is 2.59. The summed E-state index contributed by atoms with van der Waals surface area (Å²) in [6, 6.07) is 0. The Hall–Kier alpha value is -0.183. The predicted molar refractivity (Wildman–Crippen MR) is 28.6 cm³/mol. The fraction of sp³-hybridized carbons (Fsp3) is 0.500. The van der Waals surface area contributed by atoms with Gasteiger partial charge in [-0.3, -0.25) is 8.22 Å². The lowest BCUT2D eigenvalue weighted by Gasteiger charge is -1.93. The lowest BCUT2D eigenvalue weighted by atomic mass is 10.8. The first kappa shape index (κ1) is 6.82. The molecule has 0 aromatic heterocycles. The second-order valence-electron chi connectivity index (χ2n) is 1.46. The van der Waals surface area contributed by atoms with E-state index >= 15 is 0 Å². The molecule has 0 aromatic carbocycles. The largest absolute Gasteiger partial charge is 0.445 e. The number of rotatable bonds is 1. The topological polar surface area (TPSA) is 0 Å². The molecule has 0 atom stereocenters. The summed E-state index contributed by atoms with van der Waals surface area (Å²) >= 11 is 0. The van der Waals surface area contributed by atoms with Gasteiger partial charge in [0.25, 0.3) is 0 Å². The molecule has 0 unspecified atom stereocenters. The van der Waals surface area contributed by atoms with Crippen molar-refractivity contribution < 1.29 is 8.22 Å². The predicted octanol–water partition coefficient (Wildman–Crippen LogP) is 2.11. The first-order chi connectivity index (χ1) is 3.06. The van der Waals surface area contributed by atoms with Crippen LogP contribution in [0.1, 0.15) is 6.92 Å². The molecular weight excluding hydrogens is 114 g/mol. The molecule has 0 aliphatic heterocycles. The molecule has 0 spiro atoms. The van der Waals surface area contributed by atoms with Crippen LogP contribution in [0.2, 0.25) is 6.55 Å². The minimum Gasteiger partial charge on any atom is -0.265 e. The van der Waals surface area contributed by atoms with Crippen LogP contribution in [-0.4, -0.2) is 8.74 Å². The lowest BCUT2D eigenvalue weighted by molar-refractivity contribution is 0.639. The average Bonchev–Trinajstić information content (AvgIpc) is 1.30. The van der Waals surface area contributed by atoms with Crippen molar-refractivity contribution in [3.63, 3.8) is 0 Å². The molecule has 0 aliphatic rings. The SMILES string of the molecule is CC=C[Si](C)(F)F. The van der Waals surface area contributed by atoms with Gasteiger partial charge in [0, 0.05) is 0 Å². The van der Waals surface area contributed by atoms with E-state index in [2.05, 4.69) is 0 Å². The molecule has 0 saturated carbocycles. The van der Waals surface area contributed by atoms with Gasteiger partial charge in [0.15, 0.2) is 0 Å². The van der Waals surface area contributed by atoms with E-state index in [0.29, 0.717) is 0 Å². The van der Waals surface area contributed by atoms with Crippen molar-refractivity contribution >= 4 is 8.74 Å². The van der Waals surface area contributed by atoms with Crippen LogP contribution in [0.3, 0.4) is 0 Å². The number of halogens is 2. The minimum absolute atomic E-state index is 0.993. The van der Waals surface area contributed by atoms with Gasteiger partial charge in [-0.05, 0) is 19.2 Å². The van der Waals surface area contributed by atoms with Crippen molar-refractivity contribution in [2.75, 3.05) is 0 Å². The summed E-state index contributed by atoms with van der Waals surface area (Å²) in [5, 5.41) is 0. The minimum atomic E-state index is -3.84. The zero-order valence-corrected chi connectivity index (χ0v) is 5.41. The summed E-state index contributed by atoms with van der Waals surface area (Å²) < 4.78 is 23.5. The second kappa shape index (κ2) is 2.21. The van der Waals surface area contributed by atoms with Crippen LogP contribution in [0.5, 0.6) is 0 Å². The van der Waals surface area contributed by atoms with Gasteiger partial charge >= 0.3 is 8.74 Å². The van der Waals surface area contributed by atoms with E-state index in [1.807, 2.05) is 0 Å². The van der Waals surface area contributed by atoms with Gasteiger partial charge in [-0.25, -0.2) is 0 Å². The second-order valence-corrected chi connectivity index (χ2v) is 3.70. The quantitative estimate of drug-likeness (QED) is 0.369. The molecule has 0 amide bonds. The maximum absolute atomic E-state index is 11.8. The van der Waals surface area contributed by atoms with Crippen LogP contribution in [0, 0.1) is 0 Å². The van der Waals surface area contributed by atoms with E-state index < -0.39 is 8.74 Å². The highest BCUT2D eigenvalue weighted by molar-refractivity contribution is 6.69. The van der Waals surface area contributed by atoms with Crippen LogP contribution < -0.4 is 0 Å². The zero-order valence-electron chi connectivity index (χ0n) is 4.41. The maximum atomic E-state index is 11.8. The smallest absolute Gasteiger partial charge is 0.265 e. The van der Waals surface area contributed by atoms with E-state index in [4.69, 9.17) is 0 Å². The Labute approximate surface area is 43.2 Å². The Morgan fingerprint density at radius 3 is 1.86 bits per heavy atom. The van der Waals surface area contributed by atoms with E-state index in [0.717, 1.165) is 12.2 Å². The van der Waals surface area contributed by atoms with Crippen molar-refractivity contribution in [2.24, 2.45) is 0 Å². The first-order valence-corrected chi connectivity index (χ1v) is 4.41. The van der Waals surface area contributed by atoms with Gasteiger partial charge in [0.1, 0.15) is 0 Å². The lowest BCUT2D eigenvalue weighted by Crippen LogP contribution is -2.11. The molecule has 3 heteroatoms. The van der Waals surface area contributed by atoms with Crippen molar-refractivity contribution in [2.45, 2.75) is 13.5 Å². The Bertz CT molecular complexity index is 72.2. The highest BCUT2D eigenvalue weighted by Crippen LogP contribution is 2.05. The molecule has 0 aliphatic carbocycles. The van der Waals surface area contributed by atoms with E-state index in [9.17, 15) is 8.22 Å². The Morgan fingerprint density at radius 2 is 1.86 bits per heavy atom. The standard InChI is InChI=1S/C4H8F2Si/c1-3-4-7(2,5)6/h3-4H,1-2H3. The molecule has 0 rings (SSSR count). The molecule has 7 heavy (non-hydrogen) atoms. The summed E-state index contributed by atoms with van der Waals surface area (Å²) in [6.07, 6.45) is 1.40. The van der Waals surface area contributed by atoms with Gasteiger partial charge < -0.3 is 0 Å². The number of hydrogen-bond acceptors (Lipinski definition) is 0. The summed E-state index contributed by atoms with van der Waals surface area (Å²) in [5.41, 5.74) is 0.993. The molecule has 0 heterocycles. The Morgan fingerprint density at radius 1 is 1.43 bits per heavy atom. The maximum Gasteiger partial charge on any atom is 0.445 e. The highest BCUT2D eigenvalue weighted by Gasteiger charge is 2.21.